The molecule has 0 amide bonds. The van der Waals surface area contributed by atoms with E-state index in [0.29, 0.717) is 16.7 Å². The number of rotatable bonds is 2. The number of nitrogens with zero attached hydrogens (tertiary/aromatic N) is 2. The Morgan fingerprint density at radius 2 is 0.875 bits per heavy atom. The van der Waals surface area contributed by atoms with Gasteiger partial charge in [0.25, 0.3) is 12.0 Å². The minimum absolute atomic E-state index is 0.168. The fourth-order valence-electron chi connectivity index (χ4n) is 5.01. The SMILES string of the molecule is CC1(C)OB(B2OC(C)(C)C(C)(C)O2)OC1(C)C.CC1(C)OB(c2ccc3oc(N)nc3c2)OC1(C)C.Nc1nc2cc(Br)ccc2o1. The lowest BCUT2D eigenvalue weighted by Crippen LogP contribution is -2.41. The number of benzene rings is 2. The molecule has 3 saturated heterocycles. The molecule has 0 spiro atoms. The summed E-state index contributed by atoms with van der Waals surface area (Å²) in [5.74, 6) is 0. The zero-order valence-electron chi connectivity index (χ0n) is 29.9. The lowest BCUT2D eigenvalue weighted by molar-refractivity contribution is 0.00578. The van der Waals surface area contributed by atoms with Gasteiger partial charge in [-0.25, -0.2) is 0 Å². The maximum absolute atomic E-state index is 5.99. The average Bonchev–Trinajstić information content (AvgIpc) is 3.66. The van der Waals surface area contributed by atoms with Gasteiger partial charge < -0.3 is 48.2 Å². The van der Waals surface area contributed by atoms with E-state index in [1.807, 2.05) is 119 Å². The zero-order valence-corrected chi connectivity index (χ0v) is 31.5. The molecule has 12 nitrogen and oxygen atoms in total. The van der Waals surface area contributed by atoms with Gasteiger partial charge in [-0.05, 0) is 119 Å². The second-order valence-electron chi connectivity index (χ2n) is 15.3. The fraction of sp³-hybridized carbons (Fsp3) is 0.562. The maximum Gasteiger partial charge on any atom is 0.494 e. The van der Waals surface area contributed by atoms with Crippen molar-refractivity contribution in [2.75, 3.05) is 11.5 Å². The molecule has 16 heteroatoms. The normalized spacial score (nSPS) is 22.8. The minimum atomic E-state index is -0.476. The summed E-state index contributed by atoms with van der Waals surface area (Å²) in [4.78, 5) is 8.07. The average molecular weight is 727 g/mol. The van der Waals surface area contributed by atoms with Crippen molar-refractivity contribution in [2.24, 2.45) is 0 Å². The van der Waals surface area contributed by atoms with Crippen LogP contribution >= 0.6 is 15.9 Å². The predicted octanol–water partition coefficient (Wildman–Crippen LogP) is 6.13. The van der Waals surface area contributed by atoms with Crippen LogP contribution in [0.4, 0.5) is 12.0 Å². The predicted molar refractivity (Wildman–Crippen MR) is 192 cm³/mol. The first-order chi connectivity index (χ1) is 21.9. The number of nitrogens with two attached hydrogens (primary N) is 2. The van der Waals surface area contributed by atoms with Gasteiger partial charge in [0.05, 0.1) is 33.6 Å². The third kappa shape index (κ3) is 7.16. The van der Waals surface area contributed by atoms with Crippen LogP contribution in [0.25, 0.3) is 22.2 Å². The van der Waals surface area contributed by atoms with E-state index in [0.717, 1.165) is 15.5 Å². The van der Waals surface area contributed by atoms with E-state index in [9.17, 15) is 0 Å². The van der Waals surface area contributed by atoms with Crippen molar-refractivity contribution in [3.8, 4) is 0 Å². The van der Waals surface area contributed by atoms with Crippen molar-refractivity contribution in [2.45, 2.75) is 117 Å². The lowest BCUT2D eigenvalue weighted by atomic mass is 9.49. The van der Waals surface area contributed by atoms with Gasteiger partial charge in [-0.15, -0.1) is 0 Å². The van der Waals surface area contributed by atoms with Crippen molar-refractivity contribution in [3.63, 3.8) is 0 Å². The van der Waals surface area contributed by atoms with Crippen LogP contribution in [0.2, 0.25) is 0 Å². The van der Waals surface area contributed by atoms with Gasteiger partial charge in [-0.3, -0.25) is 0 Å². The summed E-state index contributed by atoms with van der Waals surface area (Å²) in [6, 6.07) is 11.6. The molecule has 48 heavy (non-hydrogen) atoms. The van der Waals surface area contributed by atoms with Crippen LogP contribution in [0, 0.1) is 0 Å². The Hall–Kier alpha value is -2.59. The Morgan fingerprint density at radius 1 is 0.521 bits per heavy atom. The van der Waals surface area contributed by atoms with Gasteiger partial charge in [0.2, 0.25) is 0 Å². The Labute approximate surface area is 291 Å². The topological polar surface area (TPSA) is 159 Å². The van der Waals surface area contributed by atoms with E-state index in [1.54, 1.807) is 0 Å². The molecule has 4 aromatic rings. The Morgan fingerprint density at radius 3 is 1.29 bits per heavy atom. The van der Waals surface area contributed by atoms with Crippen LogP contribution in [0.5, 0.6) is 0 Å². The summed E-state index contributed by atoms with van der Waals surface area (Å²) in [6.07, 6.45) is 0. The summed E-state index contributed by atoms with van der Waals surface area (Å²) in [5.41, 5.74) is 12.5. The van der Waals surface area contributed by atoms with Crippen LogP contribution in [0.3, 0.4) is 0 Å². The van der Waals surface area contributed by atoms with Gasteiger partial charge in [-0.1, -0.05) is 22.0 Å². The second kappa shape index (κ2) is 12.3. The second-order valence-corrected chi connectivity index (χ2v) is 16.2. The highest BCUT2D eigenvalue weighted by Crippen LogP contribution is 2.43. The molecule has 7 rings (SSSR count). The third-order valence-corrected chi connectivity index (χ3v) is 10.6. The number of hydrogen-bond acceptors (Lipinski definition) is 12. The van der Waals surface area contributed by atoms with Gasteiger partial charge in [0, 0.05) is 4.47 Å². The molecule has 0 radical (unpaired) electrons. The number of oxazole rings is 2. The van der Waals surface area contributed by atoms with Crippen LogP contribution in [-0.4, -0.2) is 64.7 Å². The van der Waals surface area contributed by atoms with Gasteiger partial charge in [0.1, 0.15) is 11.0 Å². The van der Waals surface area contributed by atoms with E-state index >= 15 is 0 Å². The first kappa shape index (κ1) is 36.7. The third-order valence-electron chi connectivity index (χ3n) is 10.1. The number of aromatic nitrogens is 2. The van der Waals surface area contributed by atoms with Crippen molar-refractivity contribution < 1.29 is 36.8 Å². The first-order valence-corrected chi connectivity index (χ1v) is 16.8. The summed E-state index contributed by atoms with van der Waals surface area (Å²) in [5, 5.41) is 0. The Kier molecular flexibility index (Phi) is 9.42. The number of anilines is 2. The van der Waals surface area contributed by atoms with Crippen molar-refractivity contribution in [1.82, 2.24) is 9.97 Å². The Bertz CT molecular complexity index is 1710. The van der Waals surface area contributed by atoms with E-state index in [4.69, 9.17) is 48.2 Å². The lowest BCUT2D eigenvalue weighted by Gasteiger charge is -2.32. The van der Waals surface area contributed by atoms with Crippen molar-refractivity contribution in [1.29, 1.82) is 0 Å². The standard InChI is InChI=1S/C13H17BN2O3.C12H24B2O4.C7H5BrN2O/c1-12(2)13(3,4)19-14(18-12)8-5-6-10-9(7-8)16-11(15)17-10;1-9(2)10(3,4)16-13(15-9)14-17-11(5,6)12(7,8)18-14;8-4-1-2-6-5(3-4)10-7(9)11-6/h5-7H,1-4H3,(H2,15,16);1-8H3;1-3H,(H2,9,10). The molecule has 3 aliphatic rings. The van der Waals surface area contributed by atoms with Crippen molar-refractivity contribution in [3.05, 3.63) is 40.9 Å². The summed E-state index contributed by atoms with van der Waals surface area (Å²) in [6.45, 7) is 24.3. The van der Waals surface area contributed by atoms with E-state index in [2.05, 4.69) is 25.9 Å². The molecule has 0 saturated carbocycles. The largest absolute Gasteiger partial charge is 0.494 e. The van der Waals surface area contributed by atoms with E-state index in [-0.39, 0.29) is 45.6 Å². The fourth-order valence-corrected chi connectivity index (χ4v) is 5.35. The molecule has 4 N–H and O–H groups in total. The van der Waals surface area contributed by atoms with Crippen LogP contribution in [0.1, 0.15) is 83.1 Å². The van der Waals surface area contributed by atoms with Crippen LogP contribution < -0.4 is 16.9 Å². The number of hydrogen-bond donors (Lipinski definition) is 2. The van der Waals surface area contributed by atoms with Crippen LogP contribution in [-0.2, 0) is 27.9 Å². The molecule has 0 atom stereocenters. The molecule has 0 bridgehead atoms. The molecule has 258 valence electrons. The molecule has 2 aromatic carbocycles. The Balaban J connectivity index is 0.000000146. The molecule has 0 aliphatic carbocycles. The smallest absolute Gasteiger partial charge is 0.424 e. The quantitative estimate of drug-likeness (QED) is 0.228. The molecule has 5 heterocycles. The van der Waals surface area contributed by atoms with Gasteiger partial charge in [0.15, 0.2) is 11.2 Å². The number of halogens is 1. The van der Waals surface area contributed by atoms with Gasteiger partial charge >= 0.3 is 21.1 Å². The van der Waals surface area contributed by atoms with E-state index < -0.39 is 21.1 Å². The molecule has 3 fully saturated rings. The molecular weight excluding hydrogens is 681 g/mol. The molecule has 3 aliphatic heterocycles. The highest BCUT2D eigenvalue weighted by atomic mass is 79.9. The minimum Gasteiger partial charge on any atom is -0.424 e. The van der Waals surface area contributed by atoms with E-state index in [1.165, 1.54) is 0 Å². The molecular formula is C32H46B3BrN4O8. The zero-order chi connectivity index (χ0) is 35.7. The summed E-state index contributed by atoms with van der Waals surface area (Å²) >= 11 is 3.32. The van der Waals surface area contributed by atoms with Crippen LogP contribution in [0.15, 0.2) is 49.7 Å². The summed E-state index contributed by atoms with van der Waals surface area (Å²) < 4.78 is 47.1. The van der Waals surface area contributed by atoms with Gasteiger partial charge in [-0.2, -0.15) is 9.97 Å². The van der Waals surface area contributed by atoms with Crippen molar-refractivity contribution >= 4 is 76.8 Å². The first-order valence-electron chi connectivity index (χ1n) is 16.0. The summed E-state index contributed by atoms with van der Waals surface area (Å²) in [7, 11) is -1.35. The molecule has 2 aromatic heterocycles. The maximum atomic E-state index is 5.99. The number of fused-ring (bicyclic) bond motifs is 2. The monoisotopic (exact) mass is 726 g/mol. The highest BCUT2D eigenvalue weighted by Gasteiger charge is 2.63. The molecule has 0 unspecified atom stereocenters. The highest BCUT2D eigenvalue weighted by molar-refractivity contribution is 9.10. The number of nitrogen functional groups attached to an aromatic ring is 2.